The van der Waals surface area contributed by atoms with Crippen LogP contribution in [-0.4, -0.2) is 16.1 Å². The van der Waals surface area contributed by atoms with Gasteiger partial charge in [0.25, 0.3) is 0 Å². The first-order valence-corrected chi connectivity index (χ1v) is 7.99. The third kappa shape index (κ3) is 6.67. The molecular formula is C18H21ClN2O3. The minimum atomic E-state index is -1.14. The lowest BCUT2D eigenvalue weighted by Crippen LogP contribution is -2.05. The second-order valence-corrected chi connectivity index (χ2v) is 4.28. The molecule has 0 aliphatic carbocycles. The van der Waals surface area contributed by atoms with Crippen LogP contribution in [0, 0.1) is 11.3 Å². The summed E-state index contributed by atoms with van der Waals surface area (Å²) in [5.41, 5.74) is 1.18. The van der Waals surface area contributed by atoms with Gasteiger partial charge in [-0.05, 0) is 29.8 Å². The summed E-state index contributed by atoms with van der Waals surface area (Å²) in [6.45, 7) is 8.10. The Morgan fingerprint density at radius 1 is 1.25 bits per heavy atom. The van der Waals surface area contributed by atoms with Crippen LogP contribution in [-0.2, 0) is 6.61 Å². The first-order valence-electron chi connectivity index (χ1n) is 7.62. The highest BCUT2D eigenvalue weighted by Crippen LogP contribution is 2.20. The van der Waals surface area contributed by atoms with Gasteiger partial charge in [0.2, 0.25) is 5.88 Å². The van der Waals surface area contributed by atoms with Gasteiger partial charge in [-0.1, -0.05) is 51.4 Å². The first-order chi connectivity index (χ1) is 11.6. The number of pyridine rings is 1. The summed E-state index contributed by atoms with van der Waals surface area (Å²) in [6, 6.07) is 11.6. The molecule has 0 aliphatic heterocycles. The van der Waals surface area contributed by atoms with Gasteiger partial charge in [0, 0.05) is 0 Å². The molecule has 0 spiro atoms. The number of halogens is 1. The van der Waals surface area contributed by atoms with Gasteiger partial charge in [-0.3, -0.25) is 0 Å². The largest absolute Gasteiger partial charge is 0.477 e. The molecule has 128 valence electrons. The molecule has 0 atom stereocenters. The molecule has 0 radical (unpaired) electrons. The summed E-state index contributed by atoms with van der Waals surface area (Å²) < 4.78 is 5.38. The predicted molar refractivity (Wildman–Crippen MR) is 94.4 cm³/mol. The van der Waals surface area contributed by atoms with E-state index >= 15 is 0 Å². The summed E-state index contributed by atoms with van der Waals surface area (Å²) in [6.07, 6.45) is 0. The van der Waals surface area contributed by atoms with Crippen LogP contribution in [0.3, 0.4) is 0 Å². The van der Waals surface area contributed by atoms with Crippen LogP contribution in [0.25, 0.3) is 0 Å². The van der Waals surface area contributed by atoms with Gasteiger partial charge >= 0.3 is 5.97 Å². The van der Waals surface area contributed by atoms with Crippen LogP contribution >= 0.6 is 11.6 Å². The van der Waals surface area contributed by atoms with Crippen LogP contribution < -0.4 is 4.74 Å². The van der Waals surface area contributed by atoms with Crippen molar-refractivity contribution in [3.63, 3.8) is 0 Å². The van der Waals surface area contributed by atoms with Crippen LogP contribution in [0.4, 0.5) is 0 Å². The van der Waals surface area contributed by atoms with Crippen LogP contribution in [0.15, 0.2) is 36.4 Å². The lowest BCUT2D eigenvalue weighted by molar-refractivity contribution is 0.0690. The lowest BCUT2D eigenvalue weighted by Gasteiger charge is -2.08. The molecule has 1 aromatic heterocycles. The van der Waals surface area contributed by atoms with Crippen LogP contribution in [0.1, 0.15) is 49.2 Å². The van der Waals surface area contributed by atoms with Gasteiger partial charge in [-0.15, -0.1) is 0 Å². The van der Waals surface area contributed by atoms with E-state index in [4.69, 9.17) is 26.7 Å². The Balaban J connectivity index is 0.00000123. The van der Waals surface area contributed by atoms with Crippen LogP contribution in [0.5, 0.6) is 5.88 Å². The van der Waals surface area contributed by atoms with Crippen molar-refractivity contribution in [3.05, 3.63) is 58.2 Å². The number of benzene rings is 1. The van der Waals surface area contributed by atoms with Gasteiger partial charge < -0.3 is 9.84 Å². The number of carboxylic acid groups (broad SMARTS) is 1. The summed E-state index contributed by atoms with van der Waals surface area (Å²) in [5, 5.41) is 18.0. The Kier molecular flexibility index (Phi) is 10.6. The maximum absolute atomic E-state index is 11.0. The number of nitrogens with zero attached hydrogens (tertiary/aromatic N) is 2. The molecule has 2 aromatic rings. The lowest BCUT2D eigenvalue weighted by atomic mass is 10.1. The molecule has 0 unspecified atom stereocenters. The molecule has 5 nitrogen and oxygen atoms in total. The summed E-state index contributed by atoms with van der Waals surface area (Å²) >= 11 is 5.72. The van der Waals surface area contributed by atoms with Gasteiger partial charge in [0.15, 0.2) is 0 Å². The first kappa shape index (κ1) is 21.4. The second kappa shape index (κ2) is 11.9. The van der Waals surface area contributed by atoms with Gasteiger partial charge in [-0.2, -0.15) is 5.26 Å². The van der Waals surface area contributed by atoms with Gasteiger partial charge in [-0.25, -0.2) is 9.78 Å². The van der Waals surface area contributed by atoms with E-state index < -0.39 is 5.97 Å². The fourth-order valence-corrected chi connectivity index (χ4v) is 1.71. The molecule has 1 aromatic carbocycles. The zero-order chi connectivity index (χ0) is 18.5. The molecule has 0 saturated carbocycles. The zero-order valence-corrected chi connectivity index (χ0v) is 15.0. The Hall–Kier alpha value is -2.58. The van der Waals surface area contributed by atoms with E-state index in [1.165, 1.54) is 12.1 Å². The van der Waals surface area contributed by atoms with Crippen molar-refractivity contribution in [2.45, 2.75) is 34.3 Å². The number of aromatic nitrogens is 1. The Labute approximate surface area is 147 Å². The van der Waals surface area contributed by atoms with E-state index in [-0.39, 0.29) is 23.2 Å². The van der Waals surface area contributed by atoms with Crippen molar-refractivity contribution < 1.29 is 14.6 Å². The van der Waals surface area contributed by atoms with Crippen molar-refractivity contribution in [2.24, 2.45) is 0 Å². The normalized spacial score (nSPS) is 8.67. The number of aromatic carboxylic acids is 1. The highest BCUT2D eigenvalue weighted by Gasteiger charge is 2.13. The van der Waals surface area contributed by atoms with Crippen molar-refractivity contribution in [1.29, 1.82) is 5.26 Å². The van der Waals surface area contributed by atoms with Crippen LogP contribution in [0.2, 0.25) is 5.15 Å². The summed E-state index contributed by atoms with van der Waals surface area (Å²) in [4.78, 5) is 14.9. The molecule has 2 rings (SSSR count). The third-order valence-corrected chi connectivity index (χ3v) is 2.70. The Morgan fingerprint density at radius 3 is 2.50 bits per heavy atom. The maximum Gasteiger partial charge on any atom is 0.341 e. The topological polar surface area (TPSA) is 83.2 Å². The number of ether oxygens (including phenoxy) is 1. The molecule has 1 heterocycles. The van der Waals surface area contributed by atoms with Gasteiger partial charge in [0.05, 0.1) is 11.6 Å². The Bertz CT molecular complexity index is 697. The molecular weight excluding hydrogens is 328 g/mol. The molecule has 6 heteroatoms. The average Bonchev–Trinajstić information content (AvgIpc) is 2.63. The quantitative estimate of drug-likeness (QED) is 0.791. The smallest absolute Gasteiger partial charge is 0.341 e. The zero-order valence-electron chi connectivity index (χ0n) is 14.2. The number of carbonyl (C=O) groups is 1. The SMILES string of the molecule is CC.CC.N#Cc1cccc(COc2nc(Cl)ccc2C(=O)O)c1. The highest BCUT2D eigenvalue weighted by atomic mass is 35.5. The molecule has 0 aliphatic rings. The number of carboxylic acids is 1. The standard InChI is InChI=1S/C14H9ClN2O3.2C2H6/c15-12-5-4-11(14(18)19)13(17-12)20-8-10-3-1-2-9(6-10)7-16;2*1-2/h1-6H,8H2,(H,18,19);2*1-2H3. The number of hydrogen-bond acceptors (Lipinski definition) is 4. The number of nitriles is 1. The molecule has 0 bridgehead atoms. The molecule has 0 amide bonds. The fourth-order valence-electron chi connectivity index (χ4n) is 1.57. The van der Waals surface area contributed by atoms with Gasteiger partial charge in [0.1, 0.15) is 17.3 Å². The minimum Gasteiger partial charge on any atom is -0.477 e. The highest BCUT2D eigenvalue weighted by molar-refractivity contribution is 6.29. The number of hydrogen-bond donors (Lipinski definition) is 1. The summed E-state index contributed by atoms with van der Waals surface area (Å²) in [5.74, 6) is -1.19. The molecule has 0 saturated heterocycles. The van der Waals surface area contributed by atoms with E-state index in [1.54, 1.807) is 24.3 Å². The second-order valence-electron chi connectivity index (χ2n) is 3.89. The van der Waals surface area contributed by atoms with Crippen molar-refractivity contribution in [1.82, 2.24) is 4.98 Å². The average molecular weight is 349 g/mol. The van der Waals surface area contributed by atoms with E-state index in [2.05, 4.69) is 4.98 Å². The molecule has 1 N–H and O–H groups in total. The number of rotatable bonds is 4. The van der Waals surface area contributed by atoms with E-state index in [0.29, 0.717) is 5.56 Å². The minimum absolute atomic E-state index is 0.0487. The van der Waals surface area contributed by atoms with E-state index in [9.17, 15) is 4.79 Å². The van der Waals surface area contributed by atoms with E-state index in [0.717, 1.165) is 5.56 Å². The fraction of sp³-hybridized carbons (Fsp3) is 0.278. The molecule has 24 heavy (non-hydrogen) atoms. The monoisotopic (exact) mass is 348 g/mol. The van der Waals surface area contributed by atoms with Crippen molar-refractivity contribution >= 4 is 17.6 Å². The van der Waals surface area contributed by atoms with E-state index in [1.807, 2.05) is 33.8 Å². The van der Waals surface area contributed by atoms with Crippen molar-refractivity contribution in [2.75, 3.05) is 0 Å². The predicted octanol–water partition coefficient (Wildman–Crippen LogP) is 4.94. The maximum atomic E-state index is 11.0. The van der Waals surface area contributed by atoms with Crippen molar-refractivity contribution in [3.8, 4) is 11.9 Å². The Morgan fingerprint density at radius 2 is 1.92 bits per heavy atom. The third-order valence-electron chi connectivity index (χ3n) is 2.49. The summed E-state index contributed by atoms with van der Waals surface area (Å²) in [7, 11) is 0. The molecule has 0 fully saturated rings.